The molecule has 1 aliphatic rings. The van der Waals surface area contributed by atoms with E-state index < -0.39 is 20.0 Å². The van der Waals surface area contributed by atoms with Crippen LogP contribution in [0.3, 0.4) is 0 Å². The first-order valence-corrected chi connectivity index (χ1v) is 8.98. The molecule has 2 aromatic heterocycles. The molecular weight excluding hydrogens is 386 g/mol. The molecule has 0 saturated heterocycles. The van der Waals surface area contributed by atoms with Crippen LogP contribution in [0.4, 0.5) is 18.9 Å². The third-order valence-electron chi connectivity index (χ3n) is 3.53. The number of hydrogen-bond donors (Lipinski definition) is 2. The van der Waals surface area contributed by atoms with Gasteiger partial charge in [0.05, 0.1) is 0 Å². The normalized spacial score (nSPS) is 14.3. The summed E-state index contributed by atoms with van der Waals surface area (Å²) in [4.78, 5) is 11.5. The number of carbonyl (C=O) groups is 1. The third kappa shape index (κ3) is 3.86. The van der Waals surface area contributed by atoms with Gasteiger partial charge < -0.3 is 0 Å². The van der Waals surface area contributed by atoms with Crippen molar-refractivity contribution >= 4 is 36.7 Å². The number of rotatable bonds is 3. The third-order valence-corrected chi connectivity index (χ3v) is 5.30. The summed E-state index contributed by atoms with van der Waals surface area (Å²) in [6.45, 7) is 0.121. The summed E-state index contributed by atoms with van der Waals surface area (Å²) in [6.07, 6.45) is 3.33. The average molecular weight is 400 g/mol. The molecule has 0 aromatic carbocycles. The maximum absolute atomic E-state index is 12.9. The minimum absolute atomic E-state index is 0.0460. The average Bonchev–Trinajstić information content (AvgIpc) is 3.28. The second kappa shape index (κ2) is 6.42. The van der Waals surface area contributed by atoms with Gasteiger partial charge in [0.1, 0.15) is 0 Å². The van der Waals surface area contributed by atoms with Crippen LogP contribution < -0.4 is 15.6 Å². The number of hydrogen-bond acceptors (Lipinski definition) is 2. The molecule has 0 unspecified atom stereocenters. The topological polar surface area (TPSA) is 59.5 Å². The van der Waals surface area contributed by atoms with Crippen molar-refractivity contribution in [2.75, 3.05) is 12.3 Å². The molecule has 8 heteroatoms. The molecule has 3 N–H and O–H groups in total. The van der Waals surface area contributed by atoms with Crippen LogP contribution in [0, 0.1) is 17.8 Å². The number of amides is 1. The van der Waals surface area contributed by atoms with Crippen LogP contribution in [0.2, 0.25) is 0 Å². The molecule has 0 atom stereocenters. The summed E-state index contributed by atoms with van der Waals surface area (Å²) in [7, 11) is 0. The van der Waals surface area contributed by atoms with E-state index in [0.29, 0.717) is 16.8 Å². The van der Waals surface area contributed by atoms with Gasteiger partial charge in [0.25, 0.3) is 0 Å². The van der Waals surface area contributed by atoms with Gasteiger partial charge in [0.2, 0.25) is 0 Å². The van der Waals surface area contributed by atoms with Crippen molar-refractivity contribution in [3.63, 3.8) is 0 Å². The first kappa shape index (κ1) is 16.7. The van der Waals surface area contributed by atoms with Crippen molar-refractivity contribution in [3.05, 3.63) is 30.0 Å². The Labute approximate surface area is 142 Å². The standard InChI is InChI=1S/C16H14F3N3OSe/c17-16(18,19)24-15-11(3-1-7-21-14(23)10-5-6-10)9-13-12(20)4-2-8-22(13)15/h2,4,8-10H,5-7,20H2,(H,21,23). The predicted molar refractivity (Wildman–Crippen MR) is 85.9 cm³/mol. The Balaban J connectivity index is 1.87. The van der Waals surface area contributed by atoms with E-state index in [0.717, 1.165) is 12.8 Å². The van der Waals surface area contributed by atoms with E-state index in [9.17, 15) is 18.0 Å². The van der Waals surface area contributed by atoms with Gasteiger partial charge in [-0.1, -0.05) is 0 Å². The zero-order valence-corrected chi connectivity index (χ0v) is 14.2. The zero-order chi connectivity index (χ0) is 17.3. The number of carbonyl (C=O) groups excluding carboxylic acids is 1. The molecule has 1 fully saturated rings. The van der Waals surface area contributed by atoms with Gasteiger partial charge in [-0.15, -0.1) is 0 Å². The van der Waals surface area contributed by atoms with Crippen LogP contribution in [-0.2, 0) is 4.79 Å². The number of fused-ring (bicyclic) bond motifs is 1. The van der Waals surface area contributed by atoms with Crippen molar-refractivity contribution in [2.45, 2.75) is 17.9 Å². The summed E-state index contributed by atoms with van der Waals surface area (Å²) in [5.74, 6) is 5.50. The van der Waals surface area contributed by atoms with Gasteiger partial charge in [0.15, 0.2) is 0 Å². The Morgan fingerprint density at radius 1 is 1.46 bits per heavy atom. The molecule has 1 aliphatic carbocycles. The number of nitrogens with one attached hydrogen (secondary N) is 1. The van der Waals surface area contributed by atoms with Gasteiger partial charge in [-0.3, -0.25) is 0 Å². The molecule has 0 spiro atoms. The second-order valence-corrected chi connectivity index (χ2v) is 7.63. The van der Waals surface area contributed by atoms with Gasteiger partial charge in [-0.2, -0.15) is 0 Å². The number of nitrogens with zero attached hydrogens (tertiary/aromatic N) is 1. The van der Waals surface area contributed by atoms with Gasteiger partial charge in [-0.25, -0.2) is 0 Å². The maximum atomic E-state index is 12.9. The van der Waals surface area contributed by atoms with E-state index in [1.807, 2.05) is 0 Å². The quantitative estimate of drug-likeness (QED) is 0.602. The number of nitrogen functional groups attached to an aromatic ring is 1. The summed E-state index contributed by atoms with van der Waals surface area (Å²) < 4.78 is 40.2. The zero-order valence-electron chi connectivity index (χ0n) is 12.5. The number of alkyl halides is 3. The van der Waals surface area contributed by atoms with Crippen molar-refractivity contribution in [1.29, 1.82) is 0 Å². The van der Waals surface area contributed by atoms with E-state index in [2.05, 4.69) is 17.2 Å². The van der Waals surface area contributed by atoms with Crippen LogP contribution in [0.1, 0.15) is 18.4 Å². The van der Waals surface area contributed by atoms with E-state index in [1.54, 1.807) is 24.4 Å². The van der Waals surface area contributed by atoms with Crippen molar-refractivity contribution in [1.82, 2.24) is 9.72 Å². The number of nitrogens with two attached hydrogens (primary N) is 1. The fourth-order valence-electron chi connectivity index (χ4n) is 2.26. The summed E-state index contributed by atoms with van der Waals surface area (Å²) >= 11 is -1.74. The van der Waals surface area contributed by atoms with Crippen molar-refractivity contribution in [2.24, 2.45) is 5.92 Å². The van der Waals surface area contributed by atoms with Gasteiger partial charge in [0, 0.05) is 0 Å². The van der Waals surface area contributed by atoms with E-state index in [-0.39, 0.29) is 23.0 Å². The summed E-state index contributed by atoms with van der Waals surface area (Å²) in [6, 6.07) is 4.80. The number of halogens is 3. The van der Waals surface area contributed by atoms with E-state index >= 15 is 0 Å². The predicted octanol–water partition coefficient (Wildman–Crippen LogP) is 1.25. The van der Waals surface area contributed by atoms with Crippen molar-refractivity contribution in [3.8, 4) is 11.8 Å². The minimum atomic E-state index is -4.29. The number of aromatic nitrogens is 1. The summed E-state index contributed by atoms with van der Waals surface area (Å²) in [5, 5.41) is -1.62. The SMILES string of the molecule is Nc1cccn2c([Se]C(F)(F)F)c(C#CCNC(=O)C3CC3)cc12. The first-order chi connectivity index (χ1) is 11.3. The monoisotopic (exact) mass is 401 g/mol. The fraction of sp³-hybridized carbons (Fsp3) is 0.312. The Hall–Kier alpha value is -2.10. The van der Waals surface area contributed by atoms with Gasteiger partial charge in [-0.05, 0) is 0 Å². The molecule has 126 valence electrons. The Morgan fingerprint density at radius 3 is 2.88 bits per heavy atom. The molecule has 0 bridgehead atoms. The number of pyridine rings is 1. The molecule has 3 rings (SSSR count). The van der Waals surface area contributed by atoms with Crippen LogP contribution in [-0.4, -0.2) is 36.9 Å². The fourth-order valence-corrected chi connectivity index (χ4v) is 3.72. The van der Waals surface area contributed by atoms with Crippen LogP contribution in [0.25, 0.3) is 5.52 Å². The van der Waals surface area contributed by atoms with Crippen LogP contribution in [0.15, 0.2) is 24.4 Å². The van der Waals surface area contributed by atoms with Crippen LogP contribution >= 0.6 is 0 Å². The molecule has 2 aromatic rings. The Morgan fingerprint density at radius 2 is 2.21 bits per heavy atom. The Kier molecular flexibility index (Phi) is 4.48. The first-order valence-electron chi connectivity index (χ1n) is 7.27. The molecule has 0 aliphatic heterocycles. The molecule has 4 nitrogen and oxygen atoms in total. The molecule has 1 saturated carbocycles. The van der Waals surface area contributed by atoms with E-state index in [1.165, 1.54) is 4.40 Å². The second-order valence-electron chi connectivity index (χ2n) is 5.42. The summed E-state index contributed by atoms with van der Waals surface area (Å²) in [5.41, 5.74) is 7.03. The van der Waals surface area contributed by atoms with Gasteiger partial charge >= 0.3 is 142 Å². The van der Waals surface area contributed by atoms with Crippen LogP contribution in [0.5, 0.6) is 0 Å². The molecule has 1 amide bonds. The molecule has 24 heavy (non-hydrogen) atoms. The molecule has 0 radical (unpaired) electrons. The van der Waals surface area contributed by atoms with E-state index in [4.69, 9.17) is 5.73 Å². The molecule has 2 heterocycles. The molecular formula is C16H14F3N3OSe. The number of anilines is 1. The van der Waals surface area contributed by atoms with Crippen molar-refractivity contribution < 1.29 is 18.0 Å². The Bertz CT molecular complexity index is 844.